The van der Waals surface area contributed by atoms with Gasteiger partial charge >= 0.3 is 0 Å². The van der Waals surface area contributed by atoms with Gasteiger partial charge in [-0.15, -0.1) is 11.3 Å². The van der Waals surface area contributed by atoms with E-state index < -0.39 is 0 Å². The van der Waals surface area contributed by atoms with Crippen LogP contribution in [0.2, 0.25) is 0 Å². The van der Waals surface area contributed by atoms with E-state index in [1.54, 1.807) is 11.3 Å². The Morgan fingerprint density at radius 2 is 1.58 bits per heavy atom. The molecule has 1 amide bonds. The Kier molecular flexibility index (Phi) is 6.01. The lowest BCUT2D eigenvalue weighted by Gasteiger charge is -2.08. The fourth-order valence-corrected chi connectivity index (χ4v) is 4.75. The van der Waals surface area contributed by atoms with Crippen molar-refractivity contribution in [1.82, 2.24) is 10.3 Å². The molecule has 0 spiro atoms. The van der Waals surface area contributed by atoms with Crippen LogP contribution >= 0.6 is 11.3 Å². The molecular formula is C29H24N2OS. The van der Waals surface area contributed by atoms with Gasteiger partial charge in [0.2, 0.25) is 5.91 Å². The van der Waals surface area contributed by atoms with E-state index >= 15 is 0 Å². The van der Waals surface area contributed by atoms with Crippen molar-refractivity contribution in [3.05, 3.63) is 113 Å². The smallest absolute Gasteiger partial charge is 0.224 e. The lowest BCUT2D eigenvalue weighted by atomic mass is 10.0. The van der Waals surface area contributed by atoms with Gasteiger partial charge in [0.05, 0.1) is 12.1 Å². The third kappa shape index (κ3) is 4.86. The molecule has 3 nitrogen and oxygen atoms in total. The van der Waals surface area contributed by atoms with E-state index in [1.807, 2.05) is 24.3 Å². The molecule has 0 bridgehead atoms. The molecule has 5 rings (SSSR count). The topological polar surface area (TPSA) is 42.0 Å². The number of nitrogens with zero attached hydrogens (tertiary/aromatic N) is 1. The molecule has 0 saturated heterocycles. The molecule has 33 heavy (non-hydrogen) atoms. The second-order valence-corrected chi connectivity index (χ2v) is 9.05. The standard InChI is InChI=1S/C29H24N2OS/c1-20-9-13-23(14-10-20)27-19-33-29(31-27)24-15-11-21(12-16-24)18-30-28(32)17-25-7-4-6-22-5-2-3-8-26(22)25/h2-16,19H,17-18H2,1H3,(H,30,32). The zero-order valence-corrected chi connectivity index (χ0v) is 19.2. The highest BCUT2D eigenvalue weighted by atomic mass is 32.1. The number of rotatable bonds is 6. The molecule has 4 aromatic carbocycles. The van der Waals surface area contributed by atoms with Gasteiger partial charge in [-0.05, 0) is 28.8 Å². The Balaban J connectivity index is 1.21. The van der Waals surface area contributed by atoms with Gasteiger partial charge < -0.3 is 5.32 Å². The Labute approximate surface area is 197 Å². The first kappa shape index (κ1) is 21.1. The van der Waals surface area contributed by atoms with Crippen molar-refractivity contribution < 1.29 is 4.79 Å². The van der Waals surface area contributed by atoms with Gasteiger partial charge in [0.1, 0.15) is 5.01 Å². The van der Waals surface area contributed by atoms with Gasteiger partial charge in [-0.1, -0.05) is 96.6 Å². The molecule has 0 aliphatic heterocycles. The molecule has 0 atom stereocenters. The molecule has 0 fully saturated rings. The first-order valence-corrected chi connectivity index (χ1v) is 11.9. The fourth-order valence-electron chi connectivity index (χ4n) is 3.91. The molecule has 0 unspecified atom stereocenters. The molecule has 0 aliphatic rings. The number of hydrogen-bond acceptors (Lipinski definition) is 3. The van der Waals surface area contributed by atoms with Gasteiger partial charge in [0, 0.05) is 23.1 Å². The number of aryl methyl sites for hydroxylation is 1. The number of aromatic nitrogens is 1. The van der Waals surface area contributed by atoms with Gasteiger partial charge in [-0.3, -0.25) is 4.79 Å². The van der Waals surface area contributed by atoms with Crippen LogP contribution in [0.3, 0.4) is 0 Å². The summed E-state index contributed by atoms with van der Waals surface area (Å²) in [6, 6.07) is 31.0. The summed E-state index contributed by atoms with van der Waals surface area (Å²) in [6.45, 7) is 2.60. The zero-order valence-electron chi connectivity index (χ0n) is 18.4. The average Bonchev–Trinajstić information content (AvgIpc) is 3.34. The first-order chi connectivity index (χ1) is 16.2. The third-order valence-corrected chi connectivity index (χ3v) is 6.66. The Hall–Kier alpha value is -3.76. The van der Waals surface area contributed by atoms with E-state index in [4.69, 9.17) is 4.98 Å². The van der Waals surface area contributed by atoms with Crippen molar-refractivity contribution in [3.8, 4) is 21.8 Å². The maximum atomic E-state index is 12.6. The van der Waals surface area contributed by atoms with Gasteiger partial charge in [-0.2, -0.15) is 0 Å². The van der Waals surface area contributed by atoms with E-state index in [1.165, 1.54) is 5.56 Å². The number of amides is 1. The molecular weight excluding hydrogens is 424 g/mol. The summed E-state index contributed by atoms with van der Waals surface area (Å²) >= 11 is 1.65. The highest BCUT2D eigenvalue weighted by Gasteiger charge is 2.09. The van der Waals surface area contributed by atoms with Crippen molar-refractivity contribution in [3.63, 3.8) is 0 Å². The van der Waals surface area contributed by atoms with Crippen LogP contribution in [-0.4, -0.2) is 10.9 Å². The molecule has 0 radical (unpaired) electrons. The van der Waals surface area contributed by atoms with Crippen LogP contribution in [0.4, 0.5) is 0 Å². The van der Waals surface area contributed by atoms with Crippen LogP contribution in [0.1, 0.15) is 16.7 Å². The largest absolute Gasteiger partial charge is 0.352 e. The quantitative estimate of drug-likeness (QED) is 0.310. The maximum Gasteiger partial charge on any atom is 0.224 e. The van der Waals surface area contributed by atoms with Crippen molar-refractivity contribution in [1.29, 1.82) is 0 Å². The number of benzene rings is 4. The van der Waals surface area contributed by atoms with E-state index in [0.717, 1.165) is 43.7 Å². The van der Waals surface area contributed by atoms with E-state index in [9.17, 15) is 4.79 Å². The highest BCUT2D eigenvalue weighted by Crippen LogP contribution is 2.29. The molecule has 162 valence electrons. The van der Waals surface area contributed by atoms with E-state index in [0.29, 0.717) is 13.0 Å². The van der Waals surface area contributed by atoms with Crippen molar-refractivity contribution in [2.75, 3.05) is 0 Å². The van der Waals surface area contributed by atoms with Crippen LogP contribution in [0.25, 0.3) is 32.6 Å². The third-order valence-electron chi connectivity index (χ3n) is 5.77. The monoisotopic (exact) mass is 448 g/mol. The summed E-state index contributed by atoms with van der Waals surface area (Å²) in [5.41, 5.74) is 6.58. The number of carbonyl (C=O) groups is 1. The van der Waals surface area contributed by atoms with Crippen molar-refractivity contribution >= 4 is 28.0 Å². The Bertz CT molecular complexity index is 1400. The SMILES string of the molecule is Cc1ccc(-c2csc(-c3ccc(CNC(=O)Cc4cccc5ccccc45)cc3)n2)cc1. The molecule has 0 saturated carbocycles. The average molecular weight is 449 g/mol. The van der Waals surface area contributed by atoms with Crippen LogP contribution in [0, 0.1) is 6.92 Å². The number of fused-ring (bicyclic) bond motifs is 1. The van der Waals surface area contributed by atoms with Crippen molar-refractivity contribution in [2.24, 2.45) is 0 Å². The summed E-state index contributed by atoms with van der Waals surface area (Å²) in [5.74, 6) is 0.0260. The Morgan fingerprint density at radius 3 is 2.39 bits per heavy atom. The fraction of sp³-hybridized carbons (Fsp3) is 0.103. The summed E-state index contributed by atoms with van der Waals surface area (Å²) in [5, 5.41) is 8.44. The minimum atomic E-state index is 0.0260. The summed E-state index contributed by atoms with van der Waals surface area (Å²) < 4.78 is 0. The second kappa shape index (κ2) is 9.39. The maximum absolute atomic E-state index is 12.6. The second-order valence-electron chi connectivity index (χ2n) is 8.19. The molecule has 1 heterocycles. The van der Waals surface area contributed by atoms with E-state index in [-0.39, 0.29) is 5.91 Å². The highest BCUT2D eigenvalue weighted by molar-refractivity contribution is 7.13. The summed E-state index contributed by atoms with van der Waals surface area (Å²) in [4.78, 5) is 17.4. The number of hydrogen-bond donors (Lipinski definition) is 1. The summed E-state index contributed by atoms with van der Waals surface area (Å²) in [6.07, 6.45) is 0.375. The number of nitrogens with one attached hydrogen (secondary N) is 1. The van der Waals surface area contributed by atoms with Crippen molar-refractivity contribution in [2.45, 2.75) is 19.9 Å². The molecule has 5 aromatic rings. The zero-order chi connectivity index (χ0) is 22.6. The van der Waals surface area contributed by atoms with E-state index in [2.05, 4.69) is 84.4 Å². The minimum absolute atomic E-state index is 0.0260. The number of carbonyl (C=O) groups excluding carboxylic acids is 1. The normalized spacial score (nSPS) is 10.9. The first-order valence-electron chi connectivity index (χ1n) is 11.0. The van der Waals surface area contributed by atoms with Gasteiger partial charge in [-0.25, -0.2) is 4.98 Å². The Morgan fingerprint density at radius 1 is 0.848 bits per heavy atom. The molecule has 1 N–H and O–H groups in total. The van der Waals surface area contributed by atoms with Gasteiger partial charge in [0.15, 0.2) is 0 Å². The number of thiazole rings is 1. The predicted octanol–water partition coefficient (Wildman–Crippen LogP) is 6.80. The van der Waals surface area contributed by atoms with Crippen LogP contribution < -0.4 is 5.32 Å². The molecule has 4 heteroatoms. The molecule has 1 aromatic heterocycles. The minimum Gasteiger partial charge on any atom is -0.352 e. The van der Waals surface area contributed by atoms with Crippen LogP contribution in [0.15, 0.2) is 96.4 Å². The molecule has 0 aliphatic carbocycles. The predicted molar refractivity (Wildman–Crippen MR) is 137 cm³/mol. The van der Waals surface area contributed by atoms with Gasteiger partial charge in [0.25, 0.3) is 0 Å². The lowest BCUT2D eigenvalue weighted by molar-refractivity contribution is -0.120. The van der Waals surface area contributed by atoms with Crippen LogP contribution in [-0.2, 0) is 17.8 Å². The van der Waals surface area contributed by atoms with Crippen LogP contribution in [0.5, 0.6) is 0 Å². The lowest BCUT2D eigenvalue weighted by Crippen LogP contribution is -2.24. The summed E-state index contributed by atoms with van der Waals surface area (Å²) in [7, 11) is 0.